The van der Waals surface area contributed by atoms with Gasteiger partial charge in [0.2, 0.25) is 0 Å². The molecule has 0 spiro atoms. The first-order chi connectivity index (χ1) is 5.36. The van der Waals surface area contributed by atoms with Crippen LogP contribution in [0.1, 0.15) is 16.1 Å². The van der Waals surface area contributed by atoms with Gasteiger partial charge in [0, 0.05) is 6.20 Å². The van der Waals surface area contributed by atoms with Crippen molar-refractivity contribution >= 4 is 6.29 Å². The molecule has 0 aliphatic heterocycles. The fraction of sp³-hybridized carbons (Fsp3) is 0.250. The first-order valence-electron chi connectivity index (χ1n) is 3.47. The lowest BCUT2D eigenvalue weighted by Gasteiger charge is -1.96. The summed E-state index contributed by atoms with van der Waals surface area (Å²) in [5.74, 6) is 0. The third-order valence-electron chi connectivity index (χ3n) is 1.40. The van der Waals surface area contributed by atoms with Gasteiger partial charge in [-0.25, -0.2) is 0 Å². The highest BCUT2D eigenvalue weighted by atomic mass is 16.1. The number of hydrogen-bond acceptors (Lipinski definition) is 3. The number of aromatic nitrogens is 1. The van der Waals surface area contributed by atoms with Crippen LogP contribution in [-0.4, -0.2) is 17.8 Å². The fourth-order valence-electron chi connectivity index (χ4n) is 0.820. The van der Waals surface area contributed by atoms with E-state index in [-0.39, 0.29) is 0 Å². The summed E-state index contributed by atoms with van der Waals surface area (Å²) >= 11 is 0. The average molecular weight is 150 g/mol. The van der Waals surface area contributed by atoms with Gasteiger partial charge in [-0.3, -0.25) is 9.78 Å². The number of aldehydes is 1. The van der Waals surface area contributed by atoms with E-state index < -0.39 is 0 Å². The maximum Gasteiger partial charge on any atom is 0.168 e. The van der Waals surface area contributed by atoms with Crippen LogP contribution in [0, 0.1) is 0 Å². The normalized spacial score (nSPS) is 9.55. The van der Waals surface area contributed by atoms with Crippen LogP contribution in [0.3, 0.4) is 0 Å². The fourth-order valence-corrected chi connectivity index (χ4v) is 0.820. The monoisotopic (exact) mass is 150 g/mol. The van der Waals surface area contributed by atoms with E-state index >= 15 is 0 Å². The molecular weight excluding hydrogens is 140 g/mol. The Kier molecular flexibility index (Phi) is 2.74. The standard InChI is InChI=1S/C8H10N2O/c9-4-3-7-1-2-8(6-11)10-5-7/h1-2,5-6H,3-4,9H2. The molecule has 0 saturated heterocycles. The number of rotatable bonds is 3. The molecule has 3 nitrogen and oxygen atoms in total. The summed E-state index contributed by atoms with van der Waals surface area (Å²) in [7, 11) is 0. The summed E-state index contributed by atoms with van der Waals surface area (Å²) in [6.45, 7) is 0.613. The molecule has 0 amide bonds. The molecule has 1 heterocycles. The molecule has 0 unspecified atom stereocenters. The second kappa shape index (κ2) is 3.83. The smallest absolute Gasteiger partial charge is 0.168 e. The third kappa shape index (κ3) is 2.13. The number of pyridine rings is 1. The Bertz CT molecular complexity index is 230. The molecule has 0 saturated carbocycles. The second-order valence-corrected chi connectivity index (χ2v) is 2.25. The van der Waals surface area contributed by atoms with Gasteiger partial charge in [-0.1, -0.05) is 6.07 Å². The number of nitrogens with two attached hydrogens (primary N) is 1. The molecule has 0 bridgehead atoms. The van der Waals surface area contributed by atoms with Crippen LogP contribution in [0.25, 0.3) is 0 Å². The van der Waals surface area contributed by atoms with Crippen molar-refractivity contribution in [2.45, 2.75) is 6.42 Å². The molecule has 1 rings (SSSR count). The van der Waals surface area contributed by atoms with E-state index in [2.05, 4.69) is 4.98 Å². The average Bonchev–Trinajstić information content (AvgIpc) is 2.07. The van der Waals surface area contributed by atoms with Crippen LogP contribution in [0.5, 0.6) is 0 Å². The van der Waals surface area contributed by atoms with E-state index in [0.717, 1.165) is 18.3 Å². The van der Waals surface area contributed by atoms with Gasteiger partial charge < -0.3 is 5.73 Å². The molecular formula is C8H10N2O. The zero-order chi connectivity index (χ0) is 8.10. The largest absolute Gasteiger partial charge is 0.330 e. The van der Waals surface area contributed by atoms with Gasteiger partial charge in [0.05, 0.1) is 0 Å². The van der Waals surface area contributed by atoms with E-state index in [4.69, 9.17) is 5.73 Å². The van der Waals surface area contributed by atoms with Crippen LogP contribution >= 0.6 is 0 Å². The predicted molar refractivity (Wildman–Crippen MR) is 42.4 cm³/mol. The van der Waals surface area contributed by atoms with E-state index in [0.29, 0.717) is 12.2 Å². The summed E-state index contributed by atoms with van der Waals surface area (Å²) in [5.41, 5.74) is 6.87. The number of carbonyl (C=O) groups is 1. The highest BCUT2D eigenvalue weighted by molar-refractivity contribution is 5.71. The lowest BCUT2D eigenvalue weighted by molar-refractivity contribution is 0.111. The molecule has 0 aromatic carbocycles. The second-order valence-electron chi connectivity index (χ2n) is 2.25. The molecule has 1 aromatic heterocycles. The summed E-state index contributed by atoms with van der Waals surface area (Å²) in [6.07, 6.45) is 3.22. The minimum Gasteiger partial charge on any atom is -0.330 e. The highest BCUT2D eigenvalue weighted by Gasteiger charge is 1.92. The maximum absolute atomic E-state index is 10.2. The Morgan fingerprint density at radius 3 is 2.82 bits per heavy atom. The first-order valence-corrected chi connectivity index (χ1v) is 3.47. The van der Waals surface area contributed by atoms with Crippen molar-refractivity contribution in [3.8, 4) is 0 Å². The lowest BCUT2D eigenvalue weighted by Crippen LogP contribution is -2.03. The molecule has 0 aliphatic rings. The summed E-state index contributed by atoms with van der Waals surface area (Å²) in [4.78, 5) is 14.1. The van der Waals surface area contributed by atoms with Gasteiger partial charge in [0.1, 0.15) is 5.69 Å². The van der Waals surface area contributed by atoms with Crippen molar-refractivity contribution in [2.24, 2.45) is 5.73 Å². The Morgan fingerprint density at radius 2 is 2.36 bits per heavy atom. The third-order valence-corrected chi connectivity index (χ3v) is 1.40. The van der Waals surface area contributed by atoms with Crippen molar-refractivity contribution in [3.05, 3.63) is 29.6 Å². The van der Waals surface area contributed by atoms with Crippen LogP contribution in [0.4, 0.5) is 0 Å². The predicted octanol–water partition coefficient (Wildman–Crippen LogP) is 0.395. The summed E-state index contributed by atoms with van der Waals surface area (Å²) in [5, 5.41) is 0. The molecule has 0 radical (unpaired) electrons. The van der Waals surface area contributed by atoms with Crippen LogP contribution in [0.15, 0.2) is 18.3 Å². The minimum atomic E-state index is 0.464. The topological polar surface area (TPSA) is 56.0 Å². The zero-order valence-electron chi connectivity index (χ0n) is 6.16. The van der Waals surface area contributed by atoms with Gasteiger partial charge in [-0.15, -0.1) is 0 Å². The number of hydrogen-bond donors (Lipinski definition) is 1. The SMILES string of the molecule is NCCc1ccc(C=O)nc1. The van der Waals surface area contributed by atoms with E-state index in [9.17, 15) is 4.79 Å². The van der Waals surface area contributed by atoms with Crippen molar-refractivity contribution in [1.29, 1.82) is 0 Å². The minimum absolute atomic E-state index is 0.464. The maximum atomic E-state index is 10.2. The van der Waals surface area contributed by atoms with Crippen molar-refractivity contribution in [2.75, 3.05) is 6.54 Å². The first kappa shape index (κ1) is 7.88. The lowest BCUT2D eigenvalue weighted by atomic mass is 10.2. The molecule has 11 heavy (non-hydrogen) atoms. The van der Waals surface area contributed by atoms with Gasteiger partial charge in [-0.2, -0.15) is 0 Å². The Labute approximate surface area is 65.2 Å². The van der Waals surface area contributed by atoms with Crippen molar-refractivity contribution < 1.29 is 4.79 Å². The summed E-state index contributed by atoms with van der Waals surface area (Å²) < 4.78 is 0. The quantitative estimate of drug-likeness (QED) is 0.634. The van der Waals surface area contributed by atoms with E-state index in [1.807, 2.05) is 6.07 Å². The number of nitrogens with zero attached hydrogens (tertiary/aromatic N) is 1. The van der Waals surface area contributed by atoms with E-state index in [1.165, 1.54) is 0 Å². The van der Waals surface area contributed by atoms with Crippen LogP contribution in [0.2, 0.25) is 0 Å². The molecule has 0 atom stereocenters. The molecule has 2 N–H and O–H groups in total. The van der Waals surface area contributed by atoms with Gasteiger partial charge in [0.25, 0.3) is 0 Å². The van der Waals surface area contributed by atoms with Gasteiger partial charge in [0.15, 0.2) is 6.29 Å². The van der Waals surface area contributed by atoms with Crippen molar-refractivity contribution in [1.82, 2.24) is 4.98 Å². The van der Waals surface area contributed by atoms with Gasteiger partial charge >= 0.3 is 0 Å². The van der Waals surface area contributed by atoms with Gasteiger partial charge in [-0.05, 0) is 24.6 Å². The highest BCUT2D eigenvalue weighted by Crippen LogP contribution is 1.97. The van der Waals surface area contributed by atoms with Crippen molar-refractivity contribution in [3.63, 3.8) is 0 Å². The molecule has 3 heteroatoms. The summed E-state index contributed by atoms with van der Waals surface area (Å²) in [6, 6.07) is 3.56. The molecule has 0 aliphatic carbocycles. The molecule has 58 valence electrons. The molecule has 1 aromatic rings. The molecule has 0 fully saturated rings. The Balaban J connectivity index is 2.74. The zero-order valence-corrected chi connectivity index (χ0v) is 6.16. The van der Waals surface area contributed by atoms with Crippen LogP contribution < -0.4 is 5.73 Å². The number of carbonyl (C=O) groups excluding carboxylic acids is 1. The Hall–Kier alpha value is -1.22. The Morgan fingerprint density at radius 1 is 1.55 bits per heavy atom. The van der Waals surface area contributed by atoms with E-state index in [1.54, 1.807) is 12.3 Å². The van der Waals surface area contributed by atoms with Crippen LogP contribution in [-0.2, 0) is 6.42 Å².